The standard InChI is InChI=1S/C15H25ClN4/c1-10-4-6-15(7-5-10,20(2)3)13(17)12-8-11(16)9-19-14(12)18/h8-10,13H,4-7,17H2,1-3H3,(H2,18,19). The third-order valence-electron chi connectivity index (χ3n) is 4.86. The molecule has 4 N–H and O–H groups in total. The summed E-state index contributed by atoms with van der Waals surface area (Å²) in [6.45, 7) is 2.31. The highest BCUT2D eigenvalue weighted by Gasteiger charge is 2.42. The quantitative estimate of drug-likeness (QED) is 0.900. The van der Waals surface area contributed by atoms with E-state index in [2.05, 4.69) is 30.9 Å². The SMILES string of the molecule is CC1CCC(C(N)c2cc(Cl)cnc2N)(N(C)C)CC1. The van der Waals surface area contributed by atoms with Crippen molar-refractivity contribution in [1.82, 2.24) is 9.88 Å². The summed E-state index contributed by atoms with van der Waals surface area (Å²) in [7, 11) is 4.20. The molecule has 0 aromatic carbocycles. The molecular formula is C15H25ClN4. The first kappa shape index (κ1) is 15.5. The highest BCUT2D eigenvalue weighted by Crippen LogP contribution is 2.43. The largest absolute Gasteiger partial charge is 0.383 e. The Morgan fingerprint density at radius 1 is 1.40 bits per heavy atom. The molecule has 1 unspecified atom stereocenters. The number of aromatic nitrogens is 1. The molecule has 20 heavy (non-hydrogen) atoms. The van der Waals surface area contributed by atoms with E-state index >= 15 is 0 Å². The van der Waals surface area contributed by atoms with Crippen molar-refractivity contribution in [3.8, 4) is 0 Å². The number of halogens is 1. The zero-order chi connectivity index (χ0) is 14.9. The monoisotopic (exact) mass is 296 g/mol. The maximum Gasteiger partial charge on any atom is 0.128 e. The summed E-state index contributed by atoms with van der Waals surface area (Å²) in [5.41, 5.74) is 13.4. The molecule has 1 aliphatic rings. The molecule has 1 aliphatic carbocycles. The molecule has 4 nitrogen and oxygen atoms in total. The first-order valence-corrected chi connectivity index (χ1v) is 7.58. The topological polar surface area (TPSA) is 68.2 Å². The molecule has 1 heterocycles. The van der Waals surface area contributed by atoms with Gasteiger partial charge in [-0.3, -0.25) is 0 Å². The van der Waals surface area contributed by atoms with Crippen LogP contribution in [0.25, 0.3) is 0 Å². The van der Waals surface area contributed by atoms with Crippen LogP contribution in [0.4, 0.5) is 5.82 Å². The molecule has 1 aromatic heterocycles. The summed E-state index contributed by atoms with van der Waals surface area (Å²) < 4.78 is 0. The Hall–Kier alpha value is -0.840. The van der Waals surface area contributed by atoms with Gasteiger partial charge in [0.05, 0.1) is 11.1 Å². The third kappa shape index (κ3) is 2.78. The first-order chi connectivity index (χ1) is 9.36. The van der Waals surface area contributed by atoms with Crippen molar-refractivity contribution in [2.24, 2.45) is 11.7 Å². The lowest BCUT2D eigenvalue weighted by Gasteiger charge is -2.48. The second-order valence-electron chi connectivity index (χ2n) is 6.29. The molecule has 5 heteroatoms. The fraction of sp³-hybridized carbons (Fsp3) is 0.667. The Morgan fingerprint density at radius 2 is 2.00 bits per heavy atom. The van der Waals surface area contributed by atoms with Crippen LogP contribution in [0, 0.1) is 5.92 Å². The Balaban J connectivity index is 2.36. The van der Waals surface area contributed by atoms with Crippen molar-refractivity contribution in [3.63, 3.8) is 0 Å². The first-order valence-electron chi connectivity index (χ1n) is 7.21. The lowest BCUT2D eigenvalue weighted by atomic mass is 9.70. The van der Waals surface area contributed by atoms with Gasteiger partial charge in [0, 0.05) is 17.3 Å². The van der Waals surface area contributed by atoms with Gasteiger partial charge in [-0.1, -0.05) is 18.5 Å². The van der Waals surface area contributed by atoms with E-state index in [1.807, 2.05) is 6.07 Å². The van der Waals surface area contributed by atoms with E-state index in [9.17, 15) is 0 Å². The Morgan fingerprint density at radius 3 is 2.55 bits per heavy atom. The predicted molar refractivity (Wildman–Crippen MR) is 84.6 cm³/mol. The van der Waals surface area contributed by atoms with Crippen molar-refractivity contribution in [2.45, 2.75) is 44.2 Å². The Bertz CT molecular complexity index is 467. The van der Waals surface area contributed by atoms with Crippen LogP contribution in [0.5, 0.6) is 0 Å². The molecule has 2 rings (SSSR count). The van der Waals surface area contributed by atoms with Gasteiger partial charge < -0.3 is 16.4 Å². The average molecular weight is 297 g/mol. The van der Waals surface area contributed by atoms with Crippen LogP contribution in [0.15, 0.2) is 12.3 Å². The molecule has 112 valence electrons. The molecule has 1 atom stereocenters. The second kappa shape index (κ2) is 5.88. The predicted octanol–water partition coefficient (Wildman–Crippen LogP) is 2.83. The average Bonchev–Trinajstić information content (AvgIpc) is 2.41. The van der Waals surface area contributed by atoms with Gasteiger partial charge >= 0.3 is 0 Å². The van der Waals surface area contributed by atoms with E-state index < -0.39 is 0 Å². The van der Waals surface area contributed by atoms with E-state index in [0.717, 1.165) is 24.3 Å². The van der Waals surface area contributed by atoms with E-state index in [4.69, 9.17) is 23.1 Å². The van der Waals surface area contributed by atoms with Crippen molar-refractivity contribution < 1.29 is 0 Å². The minimum absolute atomic E-state index is 0.0625. The number of nitrogen functional groups attached to an aromatic ring is 1. The fourth-order valence-corrected chi connectivity index (χ4v) is 3.47. The van der Waals surface area contributed by atoms with E-state index in [-0.39, 0.29) is 11.6 Å². The zero-order valence-corrected chi connectivity index (χ0v) is 13.3. The summed E-state index contributed by atoms with van der Waals surface area (Å²) in [5.74, 6) is 1.26. The van der Waals surface area contributed by atoms with E-state index in [1.54, 1.807) is 6.20 Å². The molecule has 0 radical (unpaired) electrons. The molecular weight excluding hydrogens is 272 g/mol. The molecule has 0 aliphatic heterocycles. The number of nitrogens with zero attached hydrogens (tertiary/aromatic N) is 2. The molecule has 1 aromatic rings. The maximum atomic E-state index is 6.60. The zero-order valence-electron chi connectivity index (χ0n) is 12.6. The van der Waals surface area contributed by atoms with Crippen LogP contribution in [-0.2, 0) is 0 Å². The van der Waals surface area contributed by atoms with Crippen LogP contribution >= 0.6 is 11.6 Å². The molecule has 0 spiro atoms. The number of likely N-dealkylation sites (N-methyl/N-ethyl adjacent to an activating group) is 1. The summed E-state index contributed by atoms with van der Waals surface area (Å²) in [6.07, 6.45) is 6.11. The second-order valence-corrected chi connectivity index (χ2v) is 6.72. The van der Waals surface area contributed by atoms with Gasteiger partial charge in [-0.25, -0.2) is 4.98 Å². The van der Waals surface area contributed by atoms with Crippen LogP contribution in [-0.4, -0.2) is 29.5 Å². The smallest absolute Gasteiger partial charge is 0.128 e. The highest BCUT2D eigenvalue weighted by molar-refractivity contribution is 6.30. The van der Waals surface area contributed by atoms with Gasteiger partial charge in [0.25, 0.3) is 0 Å². The van der Waals surface area contributed by atoms with Crippen LogP contribution in [0.3, 0.4) is 0 Å². The van der Waals surface area contributed by atoms with Crippen LogP contribution < -0.4 is 11.5 Å². The van der Waals surface area contributed by atoms with Gasteiger partial charge in [0.1, 0.15) is 5.82 Å². The van der Waals surface area contributed by atoms with Crippen LogP contribution in [0.2, 0.25) is 5.02 Å². The molecule has 0 bridgehead atoms. The van der Waals surface area contributed by atoms with Gasteiger partial charge in [-0.15, -0.1) is 0 Å². The normalized spacial score (nSPS) is 28.6. The Labute approximate surface area is 126 Å². The molecule has 0 saturated heterocycles. The summed E-state index contributed by atoms with van der Waals surface area (Å²) in [4.78, 5) is 6.40. The molecule has 1 fully saturated rings. The number of rotatable bonds is 3. The number of hydrogen-bond acceptors (Lipinski definition) is 4. The number of anilines is 1. The maximum absolute atomic E-state index is 6.60. The summed E-state index contributed by atoms with van der Waals surface area (Å²) in [6, 6.07) is 1.69. The lowest BCUT2D eigenvalue weighted by molar-refractivity contribution is 0.0566. The van der Waals surface area contributed by atoms with E-state index in [0.29, 0.717) is 10.8 Å². The Kier molecular flexibility index (Phi) is 4.57. The number of nitrogens with two attached hydrogens (primary N) is 2. The minimum Gasteiger partial charge on any atom is -0.383 e. The van der Waals surface area contributed by atoms with Crippen molar-refractivity contribution >= 4 is 17.4 Å². The summed E-state index contributed by atoms with van der Waals surface area (Å²) >= 11 is 6.06. The van der Waals surface area contributed by atoms with Gasteiger partial charge in [0.15, 0.2) is 0 Å². The summed E-state index contributed by atoms with van der Waals surface area (Å²) in [5, 5.41) is 0.586. The van der Waals surface area contributed by atoms with Crippen LogP contribution in [0.1, 0.15) is 44.2 Å². The molecule has 1 saturated carbocycles. The highest BCUT2D eigenvalue weighted by atomic mass is 35.5. The third-order valence-corrected chi connectivity index (χ3v) is 5.07. The van der Waals surface area contributed by atoms with Crippen molar-refractivity contribution in [1.29, 1.82) is 0 Å². The number of pyridine rings is 1. The molecule has 0 amide bonds. The van der Waals surface area contributed by atoms with Crippen molar-refractivity contribution in [2.75, 3.05) is 19.8 Å². The van der Waals surface area contributed by atoms with Gasteiger partial charge in [0.2, 0.25) is 0 Å². The van der Waals surface area contributed by atoms with Gasteiger partial charge in [-0.2, -0.15) is 0 Å². The van der Waals surface area contributed by atoms with Crippen molar-refractivity contribution in [3.05, 3.63) is 22.8 Å². The van der Waals surface area contributed by atoms with Gasteiger partial charge in [-0.05, 0) is 51.8 Å². The lowest BCUT2D eigenvalue weighted by Crippen LogP contribution is -2.54. The van der Waals surface area contributed by atoms with E-state index in [1.165, 1.54) is 12.8 Å². The minimum atomic E-state index is -0.170. The fourth-order valence-electron chi connectivity index (χ4n) is 3.30. The number of hydrogen-bond donors (Lipinski definition) is 2.